The number of imidazole rings is 1. The highest BCUT2D eigenvalue weighted by atomic mass is 16.6. The summed E-state index contributed by atoms with van der Waals surface area (Å²) in [6.45, 7) is 5.31. The first kappa shape index (κ1) is 16.7. The third kappa shape index (κ3) is 4.03. The van der Waals surface area contributed by atoms with Gasteiger partial charge in [-0.3, -0.25) is 10.1 Å². The molecule has 0 atom stereocenters. The monoisotopic (exact) mass is 336 g/mol. The minimum Gasteiger partial charge on any atom is -0.381 e. The largest absolute Gasteiger partial charge is 0.381 e. The van der Waals surface area contributed by atoms with Crippen LogP contribution in [-0.2, 0) is 13.1 Å². The highest BCUT2D eigenvalue weighted by Gasteiger charge is 2.08. The van der Waals surface area contributed by atoms with E-state index in [4.69, 9.17) is 0 Å². The third-order valence-corrected chi connectivity index (χ3v) is 4.17. The minimum absolute atomic E-state index is 0.112. The second kappa shape index (κ2) is 7.17. The summed E-state index contributed by atoms with van der Waals surface area (Å²) < 4.78 is 2.10. The number of hydrogen-bond donors (Lipinski definition) is 1. The van der Waals surface area contributed by atoms with Crippen molar-refractivity contribution in [3.05, 3.63) is 87.5 Å². The zero-order chi connectivity index (χ0) is 17.8. The Morgan fingerprint density at radius 2 is 1.96 bits per heavy atom. The van der Waals surface area contributed by atoms with Crippen LogP contribution in [0, 0.1) is 24.0 Å². The van der Waals surface area contributed by atoms with Gasteiger partial charge in [-0.25, -0.2) is 4.98 Å². The van der Waals surface area contributed by atoms with Gasteiger partial charge in [-0.15, -0.1) is 0 Å². The molecule has 0 aliphatic rings. The van der Waals surface area contributed by atoms with Gasteiger partial charge in [0.25, 0.3) is 5.69 Å². The van der Waals surface area contributed by atoms with Gasteiger partial charge < -0.3 is 9.88 Å². The fraction of sp³-hybridized carbons (Fsp3) is 0.211. The molecule has 0 bridgehead atoms. The van der Waals surface area contributed by atoms with E-state index < -0.39 is 0 Å². The van der Waals surface area contributed by atoms with Crippen molar-refractivity contribution in [2.75, 3.05) is 5.32 Å². The van der Waals surface area contributed by atoms with Crippen LogP contribution in [0.15, 0.2) is 54.9 Å². The van der Waals surface area contributed by atoms with Crippen molar-refractivity contribution in [1.82, 2.24) is 9.55 Å². The molecule has 0 spiro atoms. The first-order valence-corrected chi connectivity index (χ1v) is 8.07. The molecule has 3 rings (SSSR count). The number of hydrogen-bond acceptors (Lipinski definition) is 4. The Labute approximate surface area is 146 Å². The molecule has 0 amide bonds. The molecule has 6 nitrogen and oxygen atoms in total. The number of rotatable bonds is 6. The van der Waals surface area contributed by atoms with Gasteiger partial charge >= 0.3 is 0 Å². The smallest absolute Gasteiger partial charge is 0.269 e. The molecule has 0 saturated heterocycles. The Morgan fingerprint density at radius 1 is 1.16 bits per heavy atom. The van der Waals surface area contributed by atoms with Crippen LogP contribution in [-0.4, -0.2) is 14.5 Å². The second-order valence-corrected chi connectivity index (χ2v) is 6.03. The van der Waals surface area contributed by atoms with Crippen LogP contribution in [0.3, 0.4) is 0 Å². The summed E-state index contributed by atoms with van der Waals surface area (Å²) in [5, 5.41) is 14.2. The van der Waals surface area contributed by atoms with Gasteiger partial charge in [0, 0.05) is 43.3 Å². The maximum absolute atomic E-state index is 10.8. The van der Waals surface area contributed by atoms with Crippen molar-refractivity contribution in [3.8, 4) is 0 Å². The first-order chi connectivity index (χ1) is 12.0. The molecule has 1 N–H and O–H groups in total. The van der Waals surface area contributed by atoms with Crippen molar-refractivity contribution in [1.29, 1.82) is 0 Å². The lowest BCUT2D eigenvalue weighted by molar-refractivity contribution is -0.384. The average molecular weight is 336 g/mol. The lowest BCUT2D eigenvalue weighted by atomic mass is 10.1. The fourth-order valence-corrected chi connectivity index (χ4v) is 2.76. The standard InChI is InChI=1S/C19H20N4O2/c1-14-10-18(23(24)25)6-7-19(14)21-12-16-4-3-5-17(11-16)13-22-9-8-20-15(22)2/h3-11,21H,12-13H2,1-2H3. The molecular formula is C19H20N4O2. The molecule has 0 unspecified atom stereocenters. The van der Waals surface area contributed by atoms with Gasteiger partial charge in [0.15, 0.2) is 0 Å². The van der Waals surface area contributed by atoms with Gasteiger partial charge in [0.05, 0.1) is 4.92 Å². The Hall–Kier alpha value is -3.15. The Bertz CT molecular complexity index is 902. The molecule has 0 aliphatic carbocycles. The number of anilines is 1. The van der Waals surface area contributed by atoms with E-state index >= 15 is 0 Å². The highest BCUT2D eigenvalue weighted by molar-refractivity contribution is 5.55. The normalized spacial score (nSPS) is 10.6. The summed E-state index contributed by atoms with van der Waals surface area (Å²) in [5.41, 5.74) is 4.25. The van der Waals surface area contributed by atoms with Crippen LogP contribution in [0.1, 0.15) is 22.5 Å². The molecule has 2 aromatic carbocycles. The Kier molecular flexibility index (Phi) is 4.79. The predicted molar refractivity (Wildman–Crippen MR) is 97.7 cm³/mol. The molecule has 0 saturated carbocycles. The van der Waals surface area contributed by atoms with Crippen LogP contribution in [0.25, 0.3) is 0 Å². The maximum Gasteiger partial charge on any atom is 0.269 e. The lowest BCUT2D eigenvalue weighted by Crippen LogP contribution is -2.04. The molecule has 0 radical (unpaired) electrons. The van der Waals surface area contributed by atoms with E-state index in [1.54, 1.807) is 18.3 Å². The van der Waals surface area contributed by atoms with Crippen molar-refractivity contribution < 1.29 is 4.92 Å². The van der Waals surface area contributed by atoms with E-state index in [9.17, 15) is 10.1 Å². The van der Waals surface area contributed by atoms with Crippen LogP contribution in [0.2, 0.25) is 0 Å². The van der Waals surface area contributed by atoms with E-state index in [2.05, 4.69) is 33.1 Å². The number of nitro groups is 1. The number of nitrogens with one attached hydrogen (secondary N) is 1. The van der Waals surface area contributed by atoms with Crippen molar-refractivity contribution in [2.45, 2.75) is 26.9 Å². The molecule has 6 heteroatoms. The van der Waals surface area contributed by atoms with Crippen molar-refractivity contribution in [2.24, 2.45) is 0 Å². The zero-order valence-corrected chi connectivity index (χ0v) is 14.3. The van der Waals surface area contributed by atoms with Crippen molar-refractivity contribution >= 4 is 11.4 Å². The van der Waals surface area contributed by atoms with Crippen molar-refractivity contribution in [3.63, 3.8) is 0 Å². The molecule has 1 heterocycles. The number of aromatic nitrogens is 2. The summed E-state index contributed by atoms with van der Waals surface area (Å²) in [6, 6.07) is 13.2. The number of non-ortho nitro benzene ring substituents is 1. The first-order valence-electron chi connectivity index (χ1n) is 8.07. The van der Waals surface area contributed by atoms with E-state index in [-0.39, 0.29) is 10.6 Å². The molecule has 128 valence electrons. The molecular weight excluding hydrogens is 316 g/mol. The maximum atomic E-state index is 10.8. The Balaban J connectivity index is 1.68. The molecule has 1 aromatic heterocycles. The molecule has 0 aliphatic heterocycles. The van der Waals surface area contributed by atoms with Gasteiger partial charge in [-0.05, 0) is 36.6 Å². The van der Waals surface area contributed by atoms with E-state index in [0.717, 1.165) is 29.2 Å². The SMILES string of the molecule is Cc1cc([N+](=O)[O-])ccc1NCc1cccc(Cn2ccnc2C)c1. The topological polar surface area (TPSA) is 73.0 Å². The van der Waals surface area contributed by atoms with Gasteiger partial charge in [0.1, 0.15) is 5.82 Å². The van der Waals surface area contributed by atoms with Gasteiger partial charge in [0.2, 0.25) is 0 Å². The highest BCUT2D eigenvalue weighted by Crippen LogP contribution is 2.22. The van der Waals surface area contributed by atoms with Crippen LogP contribution in [0.4, 0.5) is 11.4 Å². The van der Waals surface area contributed by atoms with Gasteiger partial charge in [-0.1, -0.05) is 24.3 Å². The molecule has 3 aromatic rings. The summed E-state index contributed by atoms with van der Waals surface area (Å²) in [7, 11) is 0. The number of benzene rings is 2. The summed E-state index contributed by atoms with van der Waals surface area (Å²) in [4.78, 5) is 14.7. The summed E-state index contributed by atoms with van der Waals surface area (Å²) >= 11 is 0. The number of aryl methyl sites for hydroxylation is 2. The zero-order valence-electron chi connectivity index (χ0n) is 14.3. The summed E-state index contributed by atoms with van der Waals surface area (Å²) in [5.74, 6) is 0.991. The average Bonchev–Trinajstić information content (AvgIpc) is 2.99. The Morgan fingerprint density at radius 3 is 2.64 bits per heavy atom. The summed E-state index contributed by atoms with van der Waals surface area (Å²) in [6.07, 6.45) is 3.78. The predicted octanol–water partition coefficient (Wildman–Crippen LogP) is 4.07. The van der Waals surface area contributed by atoms with E-state index in [0.29, 0.717) is 6.54 Å². The second-order valence-electron chi connectivity index (χ2n) is 6.03. The van der Waals surface area contributed by atoms with Crippen LogP contribution < -0.4 is 5.32 Å². The molecule has 0 fully saturated rings. The van der Waals surface area contributed by atoms with Crippen LogP contribution >= 0.6 is 0 Å². The lowest BCUT2D eigenvalue weighted by Gasteiger charge is -2.11. The van der Waals surface area contributed by atoms with E-state index in [1.165, 1.54) is 11.6 Å². The quantitative estimate of drug-likeness (QED) is 0.544. The number of nitrogens with zero attached hydrogens (tertiary/aromatic N) is 3. The molecule has 25 heavy (non-hydrogen) atoms. The fourth-order valence-electron chi connectivity index (χ4n) is 2.76. The van der Waals surface area contributed by atoms with Crippen LogP contribution in [0.5, 0.6) is 0 Å². The number of nitro benzene ring substituents is 1. The van der Waals surface area contributed by atoms with Gasteiger partial charge in [-0.2, -0.15) is 0 Å². The van der Waals surface area contributed by atoms with E-state index in [1.807, 2.05) is 26.1 Å². The minimum atomic E-state index is -0.377. The third-order valence-electron chi connectivity index (χ3n) is 4.17.